The molecular weight excluding hydrogens is 355 g/mol. The fourth-order valence-corrected chi connectivity index (χ4v) is 3.02. The van der Waals surface area contributed by atoms with E-state index in [9.17, 15) is 9.90 Å². The largest absolute Gasteiger partial charge is 0.491 e. The van der Waals surface area contributed by atoms with E-state index in [1.165, 1.54) is 0 Å². The van der Waals surface area contributed by atoms with Crippen molar-refractivity contribution in [1.29, 1.82) is 0 Å². The maximum Gasteiger partial charge on any atom is 0.322 e. The second-order valence-electron chi connectivity index (χ2n) is 5.52. The van der Waals surface area contributed by atoms with E-state index in [2.05, 4.69) is 10.2 Å². The number of ether oxygens (including phenoxy) is 1. The number of aliphatic carboxylic acids is 1. The molecular formula is C15H16Cl2N4O3. The monoisotopic (exact) mass is 370 g/mol. The minimum atomic E-state index is -0.880. The zero-order valence-corrected chi connectivity index (χ0v) is 14.5. The fraction of sp³-hybridized carbons (Fsp3) is 0.400. The zero-order valence-electron chi connectivity index (χ0n) is 12.9. The van der Waals surface area contributed by atoms with E-state index in [1.807, 2.05) is 16.4 Å². The molecule has 1 atom stereocenters. The molecule has 0 saturated carbocycles. The van der Waals surface area contributed by atoms with Crippen LogP contribution in [0.2, 0.25) is 10.0 Å². The Morgan fingerprint density at radius 1 is 1.42 bits per heavy atom. The SMILES string of the molecule is Cc1nnc2n1CC(C(=O)O)N(CCOc1cc(Cl)ccc1Cl)C2. The van der Waals surface area contributed by atoms with Crippen molar-refractivity contribution in [2.45, 2.75) is 26.1 Å². The minimum Gasteiger partial charge on any atom is -0.491 e. The van der Waals surface area contributed by atoms with Gasteiger partial charge < -0.3 is 14.4 Å². The van der Waals surface area contributed by atoms with Gasteiger partial charge in [0.2, 0.25) is 0 Å². The molecule has 128 valence electrons. The normalized spacial score (nSPS) is 17.5. The Balaban J connectivity index is 1.67. The molecule has 7 nitrogen and oxygen atoms in total. The van der Waals surface area contributed by atoms with Crippen LogP contribution < -0.4 is 4.74 Å². The van der Waals surface area contributed by atoms with Crippen LogP contribution in [0.5, 0.6) is 5.75 Å². The number of nitrogens with zero attached hydrogens (tertiary/aromatic N) is 4. The first kappa shape index (κ1) is 17.0. The number of carboxylic acids is 1. The van der Waals surface area contributed by atoms with Crippen molar-refractivity contribution in [2.75, 3.05) is 13.2 Å². The number of benzene rings is 1. The quantitative estimate of drug-likeness (QED) is 0.868. The van der Waals surface area contributed by atoms with Crippen molar-refractivity contribution in [3.05, 3.63) is 39.9 Å². The lowest BCUT2D eigenvalue weighted by Crippen LogP contribution is -2.49. The minimum absolute atomic E-state index is 0.289. The van der Waals surface area contributed by atoms with E-state index >= 15 is 0 Å². The predicted octanol–water partition coefficient (Wildman–Crippen LogP) is 2.24. The molecule has 9 heteroatoms. The van der Waals surface area contributed by atoms with Gasteiger partial charge in [-0.1, -0.05) is 23.2 Å². The van der Waals surface area contributed by atoms with E-state index in [0.29, 0.717) is 35.4 Å². The number of rotatable bonds is 5. The lowest BCUT2D eigenvalue weighted by molar-refractivity contribution is -0.145. The van der Waals surface area contributed by atoms with Crippen molar-refractivity contribution in [3.63, 3.8) is 0 Å². The van der Waals surface area contributed by atoms with E-state index in [4.69, 9.17) is 27.9 Å². The number of carboxylic acid groups (broad SMARTS) is 1. The summed E-state index contributed by atoms with van der Waals surface area (Å²) >= 11 is 12.0. The van der Waals surface area contributed by atoms with Gasteiger partial charge in [-0.05, 0) is 19.1 Å². The van der Waals surface area contributed by atoms with Crippen LogP contribution in [0.4, 0.5) is 0 Å². The molecule has 0 spiro atoms. The summed E-state index contributed by atoms with van der Waals surface area (Å²) in [6.45, 7) is 3.25. The van der Waals surface area contributed by atoms with Crippen LogP contribution in [0.15, 0.2) is 18.2 Å². The van der Waals surface area contributed by atoms with Crippen LogP contribution in [0.25, 0.3) is 0 Å². The Labute approximate surface area is 148 Å². The molecule has 0 aliphatic carbocycles. The number of carbonyl (C=O) groups is 1. The van der Waals surface area contributed by atoms with Crippen LogP contribution in [-0.2, 0) is 17.9 Å². The van der Waals surface area contributed by atoms with Crippen LogP contribution in [0, 0.1) is 6.92 Å². The predicted molar refractivity (Wildman–Crippen MR) is 88.5 cm³/mol. The fourth-order valence-electron chi connectivity index (χ4n) is 2.69. The average molecular weight is 371 g/mol. The summed E-state index contributed by atoms with van der Waals surface area (Å²) in [4.78, 5) is 13.4. The molecule has 0 bridgehead atoms. The summed E-state index contributed by atoms with van der Waals surface area (Å²) in [6.07, 6.45) is 0. The van der Waals surface area contributed by atoms with Crippen LogP contribution in [0.3, 0.4) is 0 Å². The topological polar surface area (TPSA) is 80.5 Å². The van der Waals surface area contributed by atoms with Crippen molar-refractivity contribution >= 4 is 29.2 Å². The van der Waals surface area contributed by atoms with Crippen molar-refractivity contribution in [2.24, 2.45) is 0 Å². The standard InChI is InChI=1S/C15H16Cl2N4O3/c1-9-18-19-14-8-20(12(15(22)23)7-21(9)14)4-5-24-13-6-10(16)2-3-11(13)17/h2-3,6,12H,4-5,7-8H2,1H3,(H,22,23). The lowest BCUT2D eigenvalue weighted by Gasteiger charge is -2.33. The molecule has 0 fully saturated rings. The molecule has 2 aromatic rings. The van der Waals surface area contributed by atoms with Crippen molar-refractivity contribution < 1.29 is 14.6 Å². The summed E-state index contributed by atoms with van der Waals surface area (Å²) in [6, 6.07) is 4.32. The summed E-state index contributed by atoms with van der Waals surface area (Å²) in [5.74, 6) is 1.07. The summed E-state index contributed by atoms with van der Waals surface area (Å²) in [5, 5.41) is 18.6. The second-order valence-corrected chi connectivity index (χ2v) is 6.37. The highest BCUT2D eigenvalue weighted by Crippen LogP contribution is 2.27. The third-order valence-electron chi connectivity index (χ3n) is 3.97. The van der Waals surface area contributed by atoms with Gasteiger partial charge in [0, 0.05) is 17.6 Å². The zero-order chi connectivity index (χ0) is 17.3. The first-order valence-corrected chi connectivity index (χ1v) is 8.14. The van der Waals surface area contributed by atoms with Gasteiger partial charge >= 0.3 is 5.97 Å². The van der Waals surface area contributed by atoms with Gasteiger partial charge in [-0.25, -0.2) is 0 Å². The van der Waals surface area contributed by atoms with Crippen molar-refractivity contribution in [3.8, 4) is 5.75 Å². The van der Waals surface area contributed by atoms with Gasteiger partial charge in [-0.2, -0.15) is 0 Å². The molecule has 0 radical (unpaired) electrons. The number of halogens is 2. The number of aryl methyl sites for hydroxylation is 1. The third-order valence-corrected chi connectivity index (χ3v) is 4.51. The molecule has 1 aromatic carbocycles. The van der Waals surface area contributed by atoms with Crippen LogP contribution in [0.1, 0.15) is 11.6 Å². The molecule has 1 aromatic heterocycles. The first-order valence-electron chi connectivity index (χ1n) is 7.39. The Kier molecular flexibility index (Phi) is 4.93. The maximum atomic E-state index is 11.6. The van der Waals surface area contributed by atoms with Gasteiger partial charge in [0.1, 0.15) is 30.0 Å². The molecule has 1 N–H and O–H groups in total. The first-order chi connectivity index (χ1) is 11.5. The molecule has 2 heterocycles. The Bertz CT molecular complexity index is 765. The molecule has 1 unspecified atom stereocenters. The lowest BCUT2D eigenvalue weighted by atomic mass is 10.2. The Morgan fingerprint density at radius 3 is 2.96 bits per heavy atom. The molecule has 0 amide bonds. The second kappa shape index (κ2) is 6.96. The van der Waals surface area contributed by atoms with Gasteiger partial charge in [0.15, 0.2) is 0 Å². The summed E-state index contributed by atoms with van der Waals surface area (Å²) in [7, 11) is 0. The highest BCUT2D eigenvalue weighted by Gasteiger charge is 2.33. The van der Waals surface area contributed by atoms with Gasteiger partial charge in [-0.15, -0.1) is 10.2 Å². The Morgan fingerprint density at radius 2 is 2.21 bits per heavy atom. The van der Waals surface area contributed by atoms with Gasteiger partial charge in [0.25, 0.3) is 0 Å². The molecule has 0 saturated heterocycles. The molecule has 3 rings (SSSR count). The Hall–Kier alpha value is -1.83. The molecule has 24 heavy (non-hydrogen) atoms. The van der Waals surface area contributed by atoms with Crippen LogP contribution in [-0.4, -0.2) is 49.9 Å². The number of hydrogen-bond acceptors (Lipinski definition) is 5. The van der Waals surface area contributed by atoms with Crippen LogP contribution >= 0.6 is 23.2 Å². The smallest absolute Gasteiger partial charge is 0.322 e. The van der Waals surface area contributed by atoms with Gasteiger partial charge in [0.05, 0.1) is 18.1 Å². The number of aromatic nitrogens is 3. The number of fused-ring (bicyclic) bond motifs is 1. The van der Waals surface area contributed by atoms with E-state index in [-0.39, 0.29) is 6.61 Å². The van der Waals surface area contributed by atoms with E-state index in [1.54, 1.807) is 18.2 Å². The average Bonchev–Trinajstić information content (AvgIpc) is 2.90. The van der Waals surface area contributed by atoms with E-state index in [0.717, 1.165) is 11.6 Å². The van der Waals surface area contributed by atoms with Gasteiger partial charge in [-0.3, -0.25) is 9.69 Å². The van der Waals surface area contributed by atoms with Crippen molar-refractivity contribution in [1.82, 2.24) is 19.7 Å². The maximum absolute atomic E-state index is 11.6. The summed E-state index contributed by atoms with van der Waals surface area (Å²) in [5.41, 5.74) is 0. The molecule has 1 aliphatic rings. The molecule has 1 aliphatic heterocycles. The third kappa shape index (κ3) is 3.48. The highest BCUT2D eigenvalue weighted by atomic mass is 35.5. The number of hydrogen-bond donors (Lipinski definition) is 1. The summed E-state index contributed by atoms with van der Waals surface area (Å²) < 4.78 is 7.49. The van der Waals surface area contributed by atoms with E-state index < -0.39 is 12.0 Å². The highest BCUT2D eigenvalue weighted by molar-refractivity contribution is 6.34.